The van der Waals surface area contributed by atoms with Gasteiger partial charge in [0.2, 0.25) is 0 Å². The average Bonchev–Trinajstić information content (AvgIpc) is 2.34. The molecule has 1 aliphatic rings. The second-order valence-electron chi connectivity index (χ2n) is 3.00. The predicted octanol–water partition coefficient (Wildman–Crippen LogP) is -0.932. The first-order chi connectivity index (χ1) is 5.02. The van der Waals surface area contributed by atoms with Crippen molar-refractivity contribution in [3.05, 3.63) is 0 Å². The topological polar surface area (TPSA) is 72.2 Å². The molecule has 0 aliphatic carbocycles. The van der Waals surface area contributed by atoms with Gasteiger partial charge in [-0.05, 0) is 19.4 Å². The first kappa shape index (κ1) is 8.96. The van der Waals surface area contributed by atoms with Crippen molar-refractivity contribution >= 4 is 9.84 Å². The van der Waals surface area contributed by atoms with E-state index in [-0.39, 0.29) is 6.04 Å². The van der Waals surface area contributed by atoms with Gasteiger partial charge in [-0.2, -0.15) is 0 Å². The zero-order valence-electron chi connectivity index (χ0n) is 6.58. The number of hydrogen-bond acceptors (Lipinski definition) is 4. The van der Waals surface area contributed by atoms with E-state index in [1.165, 1.54) is 6.26 Å². The molecule has 1 fully saturated rings. The van der Waals surface area contributed by atoms with Gasteiger partial charge in [0, 0.05) is 12.3 Å². The van der Waals surface area contributed by atoms with E-state index >= 15 is 0 Å². The Morgan fingerprint density at radius 3 is 2.64 bits per heavy atom. The van der Waals surface area contributed by atoms with Gasteiger partial charge >= 0.3 is 0 Å². The van der Waals surface area contributed by atoms with Crippen molar-refractivity contribution in [1.82, 2.24) is 5.32 Å². The van der Waals surface area contributed by atoms with Gasteiger partial charge < -0.3 is 11.1 Å². The molecule has 1 saturated heterocycles. The first-order valence-corrected chi connectivity index (χ1v) is 5.65. The number of sulfone groups is 1. The number of nitrogens with two attached hydrogens (primary N) is 1. The minimum Gasteiger partial charge on any atom is -0.314 e. The van der Waals surface area contributed by atoms with E-state index in [1.807, 2.05) is 0 Å². The Kier molecular flexibility index (Phi) is 2.51. The normalized spacial score (nSPS) is 28.7. The average molecular weight is 178 g/mol. The molecule has 1 aliphatic heterocycles. The summed E-state index contributed by atoms with van der Waals surface area (Å²) in [6.07, 6.45) is 3.07. The van der Waals surface area contributed by atoms with Crippen molar-refractivity contribution < 1.29 is 8.42 Å². The van der Waals surface area contributed by atoms with E-state index < -0.39 is 15.2 Å². The molecule has 0 spiro atoms. The van der Waals surface area contributed by atoms with E-state index in [4.69, 9.17) is 5.73 Å². The fourth-order valence-electron chi connectivity index (χ4n) is 1.29. The summed E-state index contributed by atoms with van der Waals surface area (Å²) in [4.78, 5) is 0. The summed E-state index contributed by atoms with van der Waals surface area (Å²) in [5.41, 5.74) is 5.51. The Bertz CT molecular complexity index is 219. The molecule has 3 N–H and O–H groups in total. The Labute approximate surface area is 67.1 Å². The third kappa shape index (κ3) is 2.15. The molecule has 0 radical (unpaired) electrons. The van der Waals surface area contributed by atoms with Crippen LogP contribution in [0.5, 0.6) is 0 Å². The molecular formula is C6H14N2O2S. The van der Waals surface area contributed by atoms with Crippen LogP contribution in [0.1, 0.15) is 12.8 Å². The van der Waals surface area contributed by atoms with Crippen LogP contribution < -0.4 is 11.1 Å². The molecule has 0 amide bonds. The van der Waals surface area contributed by atoms with Gasteiger partial charge in [0.25, 0.3) is 0 Å². The van der Waals surface area contributed by atoms with Gasteiger partial charge in [0.05, 0.1) is 0 Å². The molecule has 0 aromatic carbocycles. The van der Waals surface area contributed by atoms with E-state index in [0.29, 0.717) is 0 Å². The van der Waals surface area contributed by atoms with Crippen LogP contribution in [0.25, 0.3) is 0 Å². The van der Waals surface area contributed by atoms with Crippen LogP contribution in [-0.4, -0.2) is 32.6 Å². The highest BCUT2D eigenvalue weighted by atomic mass is 32.2. The van der Waals surface area contributed by atoms with Crippen molar-refractivity contribution in [2.75, 3.05) is 12.8 Å². The maximum absolute atomic E-state index is 11.0. The summed E-state index contributed by atoms with van der Waals surface area (Å²) in [6.45, 7) is 0.883. The van der Waals surface area contributed by atoms with Gasteiger partial charge in [-0.3, -0.25) is 0 Å². The quantitative estimate of drug-likeness (QED) is 0.573. The molecule has 0 aromatic heterocycles. The van der Waals surface area contributed by atoms with Crippen LogP contribution in [-0.2, 0) is 9.84 Å². The minimum absolute atomic E-state index is 0.0370. The highest BCUT2D eigenvalue weighted by Gasteiger charge is 2.28. The summed E-state index contributed by atoms with van der Waals surface area (Å²) in [7, 11) is -3.07. The SMILES string of the molecule is CS(=O)(=O)C(N)[C@@H]1CCCN1. The summed E-state index contributed by atoms with van der Waals surface area (Å²) in [6, 6.07) is -0.0370. The molecule has 5 heteroatoms. The van der Waals surface area contributed by atoms with Crippen LogP contribution in [0.4, 0.5) is 0 Å². The Morgan fingerprint density at radius 1 is 1.64 bits per heavy atom. The standard InChI is InChI=1S/C6H14N2O2S/c1-11(9,10)6(7)5-3-2-4-8-5/h5-6,8H,2-4,7H2,1H3/t5-,6?/m0/s1. The van der Waals surface area contributed by atoms with Crippen molar-refractivity contribution in [3.8, 4) is 0 Å². The van der Waals surface area contributed by atoms with Crippen molar-refractivity contribution in [1.29, 1.82) is 0 Å². The lowest BCUT2D eigenvalue weighted by molar-refractivity contribution is 0.531. The highest BCUT2D eigenvalue weighted by molar-refractivity contribution is 7.91. The lowest BCUT2D eigenvalue weighted by Crippen LogP contribution is -2.46. The Hall–Kier alpha value is -0.130. The van der Waals surface area contributed by atoms with Gasteiger partial charge in [-0.1, -0.05) is 0 Å². The third-order valence-electron chi connectivity index (χ3n) is 1.99. The molecule has 0 saturated carbocycles. The molecule has 4 nitrogen and oxygen atoms in total. The van der Waals surface area contributed by atoms with Gasteiger partial charge in [-0.15, -0.1) is 0 Å². The van der Waals surface area contributed by atoms with Gasteiger partial charge in [-0.25, -0.2) is 8.42 Å². The van der Waals surface area contributed by atoms with Crippen molar-refractivity contribution in [2.24, 2.45) is 5.73 Å². The van der Waals surface area contributed by atoms with Crippen molar-refractivity contribution in [3.63, 3.8) is 0 Å². The van der Waals surface area contributed by atoms with Crippen LogP contribution >= 0.6 is 0 Å². The molecule has 2 atom stereocenters. The maximum atomic E-state index is 11.0. The Balaban J connectivity index is 2.60. The van der Waals surface area contributed by atoms with Crippen LogP contribution in [0.3, 0.4) is 0 Å². The smallest absolute Gasteiger partial charge is 0.164 e. The monoisotopic (exact) mass is 178 g/mol. The lowest BCUT2D eigenvalue weighted by atomic mass is 10.2. The zero-order chi connectivity index (χ0) is 8.48. The molecule has 66 valence electrons. The molecule has 1 unspecified atom stereocenters. The predicted molar refractivity (Wildman–Crippen MR) is 43.8 cm³/mol. The third-order valence-corrected chi connectivity index (χ3v) is 3.31. The van der Waals surface area contributed by atoms with E-state index in [9.17, 15) is 8.42 Å². The number of hydrogen-bond donors (Lipinski definition) is 2. The maximum Gasteiger partial charge on any atom is 0.164 e. The first-order valence-electron chi connectivity index (χ1n) is 3.69. The molecule has 0 aromatic rings. The molecular weight excluding hydrogens is 164 g/mol. The van der Waals surface area contributed by atoms with E-state index in [1.54, 1.807) is 0 Å². The van der Waals surface area contributed by atoms with Gasteiger partial charge in [0.15, 0.2) is 9.84 Å². The largest absolute Gasteiger partial charge is 0.314 e. The summed E-state index contributed by atoms with van der Waals surface area (Å²) < 4.78 is 21.9. The van der Waals surface area contributed by atoms with Gasteiger partial charge in [0.1, 0.15) is 5.37 Å². The second-order valence-corrected chi connectivity index (χ2v) is 5.20. The molecule has 0 bridgehead atoms. The molecule has 11 heavy (non-hydrogen) atoms. The fraction of sp³-hybridized carbons (Fsp3) is 1.00. The Morgan fingerprint density at radius 2 is 2.27 bits per heavy atom. The van der Waals surface area contributed by atoms with E-state index in [2.05, 4.69) is 5.32 Å². The second kappa shape index (κ2) is 3.08. The zero-order valence-corrected chi connectivity index (χ0v) is 7.39. The molecule has 1 rings (SSSR count). The highest BCUT2D eigenvalue weighted by Crippen LogP contribution is 2.10. The van der Waals surface area contributed by atoms with E-state index in [0.717, 1.165) is 19.4 Å². The summed E-state index contributed by atoms with van der Waals surface area (Å²) >= 11 is 0. The van der Waals surface area contributed by atoms with Crippen LogP contribution in [0.15, 0.2) is 0 Å². The van der Waals surface area contributed by atoms with Crippen molar-refractivity contribution in [2.45, 2.75) is 24.3 Å². The summed E-state index contributed by atoms with van der Waals surface area (Å²) in [5, 5.41) is 2.33. The summed E-state index contributed by atoms with van der Waals surface area (Å²) in [5.74, 6) is 0. The molecule has 1 heterocycles. The number of nitrogens with one attached hydrogen (secondary N) is 1. The van der Waals surface area contributed by atoms with Crippen LogP contribution in [0.2, 0.25) is 0 Å². The lowest BCUT2D eigenvalue weighted by Gasteiger charge is -2.16. The minimum atomic E-state index is -3.07. The van der Waals surface area contributed by atoms with Crippen LogP contribution in [0, 0.1) is 0 Å². The fourth-order valence-corrected chi connectivity index (χ4v) is 2.12. The number of rotatable bonds is 2.